The summed E-state index contributed by atoms with van der Waals surface area (Å²) in [6, 6.07) is 5.38. The van der Waals surface area contributed by atoms with Gasteiger partial charge in [0, 0.05) is 36.5 Å². The fraction of sp³-hybridized carbons (Fsp3) is 0.462. The van der Waals surface area contributed by atoms with Gasteiger partial charge in [0.15, 0.2) is 0 Å². The van der Waals surface area contributed by atoms with Crippen LogP contribution in [0.1, 0.15) is 18.4 Å². The Morgan fingerprint density at radius 1 is 1.61 bits per heavy atom. The molecule has 1 aliphatic rings. The van der Waals surface area contributed by atoms with E-state index >= 15 is 0 Å². The maximum Gasteiger partial charge on any atom is 0.124 e. The van der Waals surface area contributed by atoms with Gasteiger partial charge in [-0.05, 0) is 31.0 Å². The monoisotopic (exact) mass is 267 g/mol. The first-order valence-electron chi connectivity index (χ1n) is 6.04. The molecule has 1 unspecified atom stereocenters. The van der Waals surface area contributed by atoms with E-state index in [1.807, 2.05) is 13.1 Å². The molecule has 0 radical (unpaired) electrons. The SMILES string of the molecule is CN(CC1CCCO1)c1cc(Cl)ccc1C(=N)N. The highest BCUT2D eigenvalue weighted by molar-refractivity contribution is 6.31. The molecule has 1 aromatic carbocycles. The van der Waals surface area contributed by atoms with E-state index in [1.165, 1.54) is 0 Å². The second-order valence-corrected chi connectivity index (χ2v) is 5.03. The van der Waals surface area contributed by atoms with Crippen LogP contribution < -0.4 is 10.6 Å². The lowest BCUT2D eigenvalue weighted by molar-refractivity contribution is 0.116. The number of ether oxygens (including phenoxy) is 1. The smallest absolute Gasteiger partial charge is 0.124 e. The van der Waals surface area contributed by atoms with Gasteiger partial charge in [0.25, 0.3) is 0 Å². The first-order chi connectivity index (χ1) is 8.58. The Labute approximate surface area is 112 Å². The van der Waals surface area contributed by atoms with Crippen molar-refractivity contribution in [3.63, 3.8) is 0 Å². The third-order valence-corrected chi connectivity index (χ3v) is 3.40. The third kappa shape index (κ3) is 2.94. The molecule has 3 N–H and O–H groups in total. The van der Waals surface area contributed by atoms with Crippen molar-refractivity contribution >= 4 is 23.1 Å². The number of nitrogens with two attached hydrogens (primary N) is 1. The molecule has 0 aliphatic carbocycles. The topological polar surface area (TPSA) is 62.3 Å². The van der Waals surface area contributed by atoms with Crippen LogP contribution in [-0.4, -0.2) is 32.1 Å². The lowest BCUT2D eigenvalue weighted by Crippen LogP contribution is -2.30. The van der Waals surface area contributed by atoms with E-state index < -0.39 is 0 Å². The molecule has 0 amide bonds. The number of likely N-dealkylation sites (N-methyl/N-ethyl adjacent to an activating group) is 1. The Kier molecular flexibility index (Phi) is 4.09. The highest BCUT2D eigenvalue weighted by Crippen LogP contribution is 2.25. The number of halogens is 1. The average Bonchev–Trinajstić information content (AvgIpc) is 2.81. The van der Waals surface area contributed by atoms with Crippen molar-refractivity contribution in [3.05, 3.63) is 28.8 Å². The van der Waals surface area contributed by atoms with E-state index in [2.05, 4.69) is 4.90 Å². The number of nitrogens with one attached hydrogen (secondary N) is 1. The first-order valence-corrected chi connectivity index (χ1v) is 6.42. The fourth-order valence-corrected chi connectivity index (χ4v) is 2.41. The van der Waals surface area contributed by atoms with Gasteiger partial charge >= 0.3 is 0 Å². The van der Waals surface area contributed by atoms with Crippen molar-refractivity contribution in [2.45, 2.75) is 18.9 Å². The quantitative estimate of drug-likeness (QED) is 0.650. The van der Waals surface area contributed by atoms with Crippen LogP contribution in [0.5, 0.6) is 0 Å². The summed E-state index contributed by atoms with van der Waals surface area (Å²) >= 11 is 6.01. The summed E-state index contributed by atoms with van der Waals surface area (Å²) in [5.74, 6) is 0.0563. The maximum absolute atomic E-state index is 7.60. The van der Waals surface area contributed by atoms with Gasteiger partial charge in [-0.1, -0.05) is 11.6 Å². The average molecular weight is 268 g/mol. The van der Waals surface area contributed by atoms with Gasteiger partial charge in [0.05, 0.1) is 6.10 Å². The van der Waals surface area contributed by atoms with Gasteiger partial charge in [0.2, 0.25) is 0 Å². The van der Waals surface area contributed by atoms with E-state index in [9.17, 15) is 0 Å². The predicted molar refractivity (Wildman–Crippen MR) is 74.7 cm³/mol. The van der Waals surface area contributed by atoms with Gasteiger partial charge in [-0.25, -0.2) is 0 Å². The molecule has 1 aromatic rings. The lowest BCUT2D eigenvalue weighted by Gasteiger charge is -2.25. The Balaban J connectivity index is 2.19. The Morgan fingerprint density at radius 3 is 3.00 bits per heavy atom. The van der Waals surface area contributed by atoms with E-state index in [4.69, 9.17) is 27.5 Å². The third-order valence-electron chi connectivity index (χ3n) is 3.16. The first kappa shape index (κ1) is 13.2. The van der Waals surface area contributed by atoms with Crippen molar-refractivity contribution in [2.24, 2.45) is 5.73 Å². The van der Waals surface area contributed by atoms with Crippen LogP contribution in [0.4, 0.5) is 5.69 Å². The molecule has 0 saturated carbocycles. The van der Waals surface area contributed by atoms with Crippen LogP contribution in [0.2, 0.25) is 5.02 Å². The molecule has 0 bridgehead atoms. The van der Waals surface area contributed by atoms with E-state index in [1.54, 1.807) is 12.1 Å². The molecule has 4 nitrogen and oxygen atoms in total. The number of benzene rings is 1. The Hall–Kier alpha value is -1.26. The summed E-state index contributed by atoms with van der Waals surface area (Å²) in [4.78, 5) is 2.05. The Bertz CT molecular complexity index is 444. The van der Waals surface area contributed by atoms with E-state index in [-0.39, 0.29) is 11.9 Å². The molecule has 18 heavy (non-hydrogen) atoms. The summed E-state index contributed by atoms with van der Waals surface area (Å²) < 4.78 is 5.62. The van der Waals surface area contributed by atoms with Crippen molar-refractivity contribution in [2.75, 3.05) is 25.1 Å². The van der Waals surface area contributed by atoms with Crippen LogP contribution in [0, 0.1) is 5.41 Å². The number of rotatable bonds is 4. The molecule has 0 aromatic heterocycles. The van der Waals surface area contributed by atoms with Crippen molar-refractivity contribution < 1.29 is 4.74 Å². The minimum atomic E-state index is 0.0563. The summed E-state index contributed by atoms with van der Waals surface area (Å²) in [6.07, 6.45) is 2.46. The predicted octanol–water partition coefficient (Wildman–Crippen LogP) is 2.24. The largest absolute Gasteiger partial charge is 0.384 e. The van der Waals surface area contributed by atoms with Gasteiger partial charge in [-0.3, -0.25) is 5.41 Å². The number of hydrogen-bond acceptors (Lipinski definition) is 3. The minimum Gasteiger partial charge on any atom is -0.384 e. The highest BCUT2D eigenvalue weighted by atomic mass is 35.5. The van der Waals surface area contributed by atoms with Crippen LogP contribution in [-0.2, 0) is 4.74 Å². The fourth-order valence-electron chi connectivity index (χ4n) is 2.24. The molecule has 1 fully saturated rings. The van der Waals surface area contributed by atoms with Crippen molar-refractivity contribution in [1.82, 2.24) is 0 Å². The molecule has 1 saturated heterocycles. The summed E-state index contributed by atoms with van der Waals surface area (Å²) in [7, 11) is 1.97. The normalized spacial score (nSPS) is 18.9. The van der Waals surface area contributed by atoms with Gasteiger partial charge in [-0.2, -0.15) is 0 Å². The molecule has 1 atom stereocenters. The van der Waals surface area contributed by atoms with Crippen molar-refractivity contribution in [3.8, 4) is 0 Å². The molecule has 1 aliphatic heterocycles. The zero-order valence-corrected chi connectivity index (χ0v) is 11.2. The number of hydrogen-bond donors (Lipinski definition) is 2. The van der Waals surface area contributed by atoms with Crippen LogP contribution in [0.25, 0.3) is 0 Å². The van der Waals surface area contributed by atoms with E-state index in [0.29, 0.717) is 10.6 Å². The van der Waals surface area contributed by atoms with Crippen LogP contribution >= 0.6 is 11.6 Å². The second-order valence-electron chi connectivity index (χ2n) is 4.59. The number of nitrogens with zero attached hydrogens (tertiary/aromatic N) is 1. The summed E-state index contributed by atoms with van der Waals surface area (Å²) in [5.41, 5.74) is 7.18. The minimum absolute atomic E-state index is 0.0563. The molecule has 2 rings (SSSR count). The van der Waals surface area contributed by atoms with Crippen LogP contribution in [0.3, 0.4) is 0 Å². The standard InChI is InChI=1S/C13H18ClN3O/c1-17(8-10-3-2-6-18-10)12-7-9(14)4-5-11(12)13(15)16/h4-5,7,10H,2-3,6,8H2,1H3,(H3,15,16). The Morgan fingerprint density at radius 2 is 2.39 bits per heavy atom. The zero-order chi connectivity index (χ0) is 13.1. The molecule has 98 valence electrons. The highest BCUT2D eigenvalue weighted by Gasteiger charge is 2.19. The lowest BCUT2D eigenvalue weighted by atomic mass is 10.1. The van der Waals surface area contributed by atoms with Gasteiger partial charge < -0.3 is 15.4 Å². The molecule has 0 spiro atoms. The number of nitrogen functional groups attached to an aromatic ring is 1. The molecular formula is C13H18ClN3O. The maximum atomic E-state index is 7.60. The zero-order valence-electron chi connectivity index (χ0n) is 10.4. The molecular weight excluding hydrogens is 250 g/mol. The van der Waals surface area contributed by atoms with Crippen LogP contribution in [0.15, 0.2) is 18.2 Å². The summed E-state index contributed by atoms with van der Waals surface area (Å²) in [6.45, 7) is 1.63. The molecule has 1 heterocycles. The summed E-state index contributed by atoms with van der Waals surface area (Å²) in [5, 5.41) is 8.25. The van der Waals surface area contributed by atoms with E-state index in [0.717, 1.165) is 31.7 Å². The number of amidine groups is 1. The number of anilines is 1. The van der Waals surface area contributed by atoms with Crippen molar-refractivity contribution in [1.29, 1.82) is 5.41 Å². The molecule has 5 heteroatoms. The second kappa shape index (κ2) is 5.59. The van der Waals surface area contributed by atoms with Gasteiger partial charge in [0.1, 0.15) is 5.84 Å². The van der Waals surface area contributed by atoms with Gasteiger partial charge in [-0.15, -0.1) is 0 Å².